The van der Waals surface area contributed by atoms with Gasteiger partial charge in [0.25, 0.3) is 0 Å². The third kappa shape index (κ3) is 10.7. The Hall–Kier alpha value is -2.58. The van der Waals surface area contributed by atoms with Crippen LogP contribution >= 0.6 is 0 Å². The molecule has 1 aromatic rings. The van der Waals surface area contributed by atoms with Crippen LogP contribution in [-0.4, -0.2) is 46.1 Å². The molecule has 0 radical (unpaired) electrons. The first kappa shape index (κ1) is 24.7. The maximum atomic E-state index is 12.5. The Morgan fingerprint density at radius 3 is 2.36 bits per heavy atom. The number of carbonyl (C=O) groups is 1. The van der Waals surface area contributed by atoms with Gasteiger partial charge in [-0.05, 0) is 0 Å². The van der Waals surface area contributed by atoms with Gasteiger partial charge in [0.1, 0.15) is 13.1 Å². The number of nitrogens with zero attached hydrogens (tertiary/aromatic N) is 3. The number of allylic oxidation sites excluding steroid dienone is 2. The van der Waals surface area contributed by atoms with E-state index in [4.69, 9.17) is 5.11 Å². The average molecular weight is 364 g/mol. The summed E-state index contributed by atoms with van der Waals surface area (Å²) in [6.45, 7) is 11.3. The zero-order chi connectivity index (χ0) is 20.0. The van der Waals surface area contributed by atoms with E-state index >= 15 is 0 Å². The minimum Gasteiger partial charge on any atom is -0.481 e. The molecule has 0 amide bonds. The van der Waals surface area contributed by atoms with Crippen LogP contribution in [0.25, 0.3) is 5.57 Å². The Bertz CT molecular complexity index is 599. The lowest BCUT2D eigenvalue weighted by Gasteiger charge is -2.06. The topological polar surface area (TPSA) is 66.1 Å². The van der Waals surface area contributed by atoms with E-state index in [2.05, 4.69) is 23.3 Å². The van der Waals surface area contributed by atoms with Crippen molar-refractivity contribution in [1.82, 2.24) is 9.97 Å². The summed E-state index contributed by atoms with van der Waals surface area (Å²) in [5.41, 5.74) is -0.919. The number of aliphatic carboxylic acids is 1. The summed E-state index contributed by atoms with van der Waals surface area (Å²) in [4.78, 5) is 17.3. The van der Waals surface area contributed by atoms with Gasteiger partial charge in [-0.25, -0.2) is 9.56 Å². The van der Waals surface area contributed by atoms with Crippen molar-refractivity contribution in [3.63, 3.8) is 0 Å². The molecule has 5 nitrogen and oxygen atoms in total. The molecule has 1 heterocycles. The fourth-order valence-corrected chi connectivity index (χ4v) is 1.25. The first-order valence-electron chi connectivity index (χ1n) is 7.13. The van der Waals surface area contributed by atoms with Crippen LogP contribution in [0.15, 0.2) is 31.2 Å². The number of halogens is 4. The zero-order valence-corrected chi connectivity index (χ0v) is 14.3. The first-order chi connectivity index (χ1) is 11.7. The van der Waals surface area contributed by atoms with E-state index in [1.165, 1.54) is 16.9 Å². The molecule has 0 saturated heterocycles. The van der Waals surface area contributed by atoms with Crippen molar-refractivity contribution in [3.8, 4) is 0 Å². The second-order valence-corrected chi connectivity index (χ2v) is 4.08. The average Bonchev–Trinajstić information content (AvgIpc) is 2.60. The monoisotopic (exact) mass is 364 g/mol. The molecule has 25 heavy (non-hydrogen) atoms. The van der Waals surface area contributed by atoms with Gasteiger partial charge in [0.2, 0.25) is 0 Å². The molecule has 1 aromatic heterocycles. The van der Waals surface area contributed by atoms with Crippen LogP contribution in [-0.2, 0) is 11.0 Å². The van der Waals surface area contributed by atoms with E-state index < -0.39 is 17.8 Å². The lowest BCUT2D eigenvalue weighted by Crippen LogP contribution is -2.10. The van der Waals surface area contributed by atoms with E-state index in [0.29, 0.717) is 13.4 Å². The molecule has 0 fully saturated rings. The van der Waals surface area contributed by atoms with E-state index in [-0.39, 0.29) is 24.2 Å². The summed E-state index contributed by atoms with van der Waals surface area (Å²) in [6.07, 6.45) is -0.101. The van der Waals surface area contributed by atoms with Crippen molar-refractivity contribution in [2.45, 2.75) is 26.4 Å². The highest BCUT2D eigenvalue weighted by Gasteiger charge is 2.33. The number of rotatable bonds is 6. The van der Waals surface area contributed by atoms with Gasteiger partial charge in [0.05, 0.1) is 25.3 Å². The van der Waals surface area contributed by atoms with Gasteiger partial charge < -0.3 is 5.11 Å². The minimum atomic E-state index is -4.58. The highest BCUT2D eigenvalue weighted by atomic mass is 19.4. The molecule has 0 aliphatic rings. The Kier molecular flexibility index (Phi) is 12.6. The van der Waals surface area contributed by atoms with E-state index in [0.717, 1.165) is 6.20 Å². The molecule has 9 heteroatoms. The van der Waals surface area contributed by atoms with Crippen LogP contribution in [0.4, 0.5) is 17.6 Å². The number of hydrogen-bond donors (Lipinski definition) is 1. The van der Waals surface area contributed by atoms with E-state index in [9.17, 15) is 22.4 Å². The number of aromatic nitrogens is 2. The smallest absolute Gasteiger partial charge is 0.434 e. The van der Waals surface area contributed by atoms with Crippen LogP contribution in [0, 0.1) is 0 Å². The zero-order valence-electron chi connectivity index (χ0n) is 14.3. The Labute approximate surface area is 144 Å². The standard InChI is InChI=1S/C13H12F3N3O2.C2H6.CH3F/c1-9(3-5-19(2)6-4-12(20)21)10-7-17-8-11(18-10)13(14,15)16;2*1-2/h3,5,7-8H,1-2,4,6H2;1-2H3;1H3/p+1/b5-3-;;. The molecule has 0 aliphatic heterocycles. The predicted molar refractivity (Wildman–Crippen MR) is 88.1 cm³/mol. The third-order valence-electron chi connectivity index (χ3n) is 2.35. The van der Waals surface area contributed by atoms with Crippen molar-refractivity contribution >= 4 is 18.3 Å². The van der Waals surface area contributed by atoms with Gasteiger partial charge >= 0.3 is 12.1 Å². The number of carboxylic acids is 1. The molecular weight excluding hydrogens is 342 g/mol. The second-order valence-electron chi connectivity index (χ2n) is 4.08. The van der Waals surface area contributed by atoms with Gasteiger partial charge in [-0.15, -0.1) is 0 Å². The van der Waals surface area contributed by atoms with Crippen LogP contribution in [0.3, 0.4) is 0 Å². The minimum absolute atomic E-state index is 0.0206. The molecule has 0 aliphatic carbocycles. The SMILES string of the molecule is C=C(/C=C\[N+](=C)CCC(=O)O)c1cncc(C(F)(F)F)n1.CC.CF. The summed E-state index contributed by atoms with van der Waals surface area (Å²) in [7, 11) is 0.500. The van der Waals surface area contributed by atoms with Crippen molar-refractivity contribution in [2.75, 3.05) is 13.7 Å². The summed E-state index contributed by atoms with van der Waals surface area (Å²) in [5, 5.41) is 8.50. The quantitative estimate of drug-likeness (QED) is 0.361. The van der Waals surface area contributed by atoms with Gasteiger partial charge in [-0.3, -0.25) is 14.2 Å². The predicted octanol–water partition coefficient (Wildman–Crippen LogP) is 3.82. The fourth-order valence-electron chi connectivity index (χ4n) is 1.25. The normalized spacial score (nSPS) is 10.2. The Morgan fingerprint density at radius 1 is 1.32 bits per heavy atom. The lowest BCUT2D eigenvalue weighted by atomic mass is 10.2. The number of carboxylic acid groups (broad SMARTS) is 1. The summed E-state index contributed by atoms with van der Waals surface area (Å²) >= 11 is 0. The van der Waals surface area contributed by atoms with Crippen LogP contribution in [0.1, 0.15) is 31.7 Å². The molecule has 0 atom stereocenters. The molecule has 1 rings (SSSR count). The van der Waals surface area contributed by atoms with Crippen LogP contribution in [0.5, 0.6) is 0 Å². The van der Waals surface area contributed by atoms with Crippen molar-refractivity contribution in [1.29, 1.82) is 0 Å². The molecule has 140 valence electrons. The fraction of sp³-hybridized carbons (Fsp3) is 0.375. The summed E-state index contributed by atoms with van der Waals surface area (Å²) < 4.78 is 48.3. The molecule has 0 spiro atoms. The van der Waals surface area contributed by atoms with Crippen LogP contribution in [0.2, 0.25) is 0 Å². The molecular formula is C16H22F4N3O2+. The number of alkyl halides is 4. The van der Waals surface area contributed by atoms with Crippen molar-refractivity contribution in [2.24, 2.45) is 0 Å². The highest BCUT2D eigenvalue weighted by Crippen LogP contribution is 2.27. The van der Waals surface area contributed by atoms with E-state index in [1.54, 1.807) is 0 Å². The van der Waals surface area contributed by atoms with Crippen LogP contribution < -0.4 is 0 Å². The number of hydrogen-bond acceptors (Lipinski definition) is 3. The van der Waals surface area contributed by atoms with Gasteiger partial charge in [-0.2, -0.15) is 13.2 Å². The van der Waals surface area contributed by atoms with Crippen molar-refractivity contribution in [3.05, 3.63) is 42.6 Å². The van der Waals surface area contributed by atoms with Crippen molar-refractivity contribution < 1.29 is 32.0 Å². The second kappa shape index (κ2) is 12.8. The maximum Gasteiger partial charge on any atom is 0.434 e. The lowest BCUT2D eigenvalue weighted by molar-refractivity contribution is -0.446. The molecule has 0 aromatic carbocycles. The van der Waals surface area contributed by atoms with Gasteiger partial charge in [0.15, 0.2) is 18.4 Å². The summed E-state index contributed by atoms with van der Waals surface area (Å²) in [5.74, 6) is -0.973. The Balaban J connectivity index is 0. The summed E-state index contributed by atoms with van der Waals surface area (Å²) in [6, 6.07) is 0. The molecule has 0 unspecified atom stereocenters. The Morgan fingerprint density at radius 2 is 1.88 bits per heavy atom. The molecule has 1 N–H and O–H groups in total. The van der Waals surface area contributed by atoms with Gasteiger partial charge in [-0.1, -0.05) is 20.4 Å². The first-order valence-corrected chi connectivity index (χ1v) is 7.13. The third-order valence-corrected chi connectivity index (χ3v) is 2.35. The largest absolute Gasteiger partial charge is 0.481 e. The molecule has 0 bridgehead atoms. The van der Waals surface area contributed by atoms with Gasteiger partial charge in [0, 0.05) is 11.6 Å². The molecule has 0 saturated carbocycles. The highest BCUT2D eigenvalue weighted by molar-refractivity contribution is 5.68. The maximum absolute atomic E-state index is 12.5. The van der Waals surface area contributed by atoms with E-state index in [1.807, 2.05) is 13.8 Å².